The maximum atomic E-state index is 12.1. The van der Waals surface area contributed by atoms with Gasteiger partial charge in [0.15, 0.2) is 6.04 Å². The molecule has 0 rings (SSSR count). The Balaban J connectivity index is 3.89. The van der Waals surface area contributed by atoms with Crippen molar-refractivity contribution in [1.82, 2.24) is 5.32 Å². The van der Waals surface area contributed by atoms with Crippen molar-refractivity contribution in [2.24, 2.45) is 0 Å². The molecule has 41 heavy (non-hydrogen) atoms. The molecule has 0 aliphatic heterocycles. The smallest absolute Gasteiger partial charge is 0.472 e. The number of rotatable bonds is 27. The zero-order valence-electron chi connectivity index (χ0n) is 24.8. The fraction of sp³-hybridized carbons (Fsp3) is 0.759. The van der Waals surface area contributed by atoms with Gasteiger partial charge in [0.1, 0.15) is 12.7 Å². The Morgan fingerprint density at radius 2 is 1.34 bits per heavy atom. The number of carboxylic acid groups (broad SMARTS) is 1. The number of carboxylic acids is 1. The maximum Gasteiger partial charge on any atom is 0.472 e. The number of aliphatic hydroxyl groups is 1. The number of carbonyl (C=O) groups excluding carboxylic acids is 2. The normalized spacial score (nSPS) is 14.6. The number of amides is 1. The molecular weight excluding hydrogens is 553 g/mol. The molecule has 4 N–H and O–H groups in total. The molecule has 0 aliphatic carbocycles. The van der Waals surface area contributed by atoms with Crippen molar-refractivity contribution in [2.75, 3.05) is 19.8 Å². The Bertz CT molecular complexity index is 817. The molecule has 1 amide bonds. The standard InChI is InChI=1S/C29H52NO10P/c1-3-4-5-6-7-8-9-10-11-12-13-14-15-16-17-18-19-20-21-28(33)30-27(29(34)35)24-40-41(36,37)39-23-26(32)22-38-25(2)31/h8-9,11-12,26-27,32H,3-7,10,13-24H2,1-2H3,(H,30,33)(H,34,35)(H,36,37)/b9-8-,12-11-. The van der Waals surface area contributed by atoms with E-state index in [0.29, 0.717) is 6.42 Å². The molecule has 0 fully saturated rings. The lowest BCUT2D eigenvalue weighted by atomic mass is 10.1. The van der Waals surface area contributed by atoms with E-state index < -0.39 is 57.6 Å². The Morgan fingerprint density at radius 3 is 1.90 bits per heavy atom. The van der Waals surface area contributed by atoms with Crippen molar-refractivity contribution < 1.29 is 47.8 Å². The Hall–Kier alpha value is -2.04. The van der Waals surface area contributed by atoms with Crippen LogP contribution in [-0.2, 0) is 32.7 Å². The second-order valence-electron chi connectivity index (χ2n) is 10.0. The summed E-state index contributed by atoms with van der Waals surface area (Å²) in [6.07, 6.45) is 23.2. The highest BCUT2D eigenvalue weighted by molar-refractivity contribution is 7.47. The van der Waals surface area contributed by atoms with Gasteiger partial charge in [-0.1, -0.05) is 82.6 Å². The molecule has 0 aromatic heterocycles. The summed E-state index contributed by atoms with van der Waals surface area (Å²) >= 11 is 0. The number of esters is 1. The average molecular weight is 606 g/mol. The van der Waals surface area contributed by atoms with Crippen LogP contribution in [0, 0.1) is 0 Å². The number of nitrogens with one attached hydrogen (secondary N) is 1. The predicted molar refractivity (Wildman–Crippen MR) is 157 cm³/mol. The van der Waals surface area contributed by atoms with Crippen LogP contribution in [0.4, 0.5) is 0 Å². The average Bonchev–Trinajstić information content (AvgIpc) is 2.92. The summed E-state index contributed by atoms with van der Waals surface area (Å²) < 4.78 is 25.6. The van der Waals surface area contributed by atoms with E-state index >= 15 is 0 Å². The van der Waals surface area contributed by atoms with E-state index in [0.717, 1.165) is 45.4 Å². The number of ether oxygens (including phenoxy) is 1. The summed E-state index contributed by atoms with van der Waals surface area (Å²) in [6.45, 7) is 1.42. The van der Waals surface area contributed by atoms with Gasteiger partial charge in [-0.05, 0) is 38.5 Å². The van der Waals surface area contributed by atoms with Crippen LogP contribution in [0.25, 0.3) is 0 Å². The molecule has 0 heterocycles. The fourth-order valence-electron chi connectivity index (χ4n) is 3.72. The third-order valence-corrected chi connectivity index (χ3v) is 7.00. The van der Waals surface area contributed by atoms with Gasteiger partial charge in [-0.25, -0.2) is 9.36 Å². The maximum absolute atomic E-state index is 12.1. The Kier molecular flexibility index (Phi) is 24.4. The molecule has 12 heteroatoms. The van der Waals surface area contributed by atoms with Gasteiger partial charge in [0.2, 0.25) is 5.91 Å². The van der Waals surface area contributed by atoms with Gasteiger partial charge in [0, 0.05) is 13.3 Å². The number of phosphoric ester groups is 1. The first-order chi connectivity index (χ1) is 19.6. The SMILES string of the molecule is CCCCCC/C=C\C/C=C\CCCCCCCCCC(=O)NC(COP(=O)(O)OCC(O)COC(C)=O)C(=O)O. The zero-order valence-corrected chi connectivity index (χ0v) is 25.7. The molecular formula is C29H52NO10P. The van der Waals surface area contributed by atoms with Crippen LogP contribution in [0.2, 0.25) is 0 Å². The molecule has 238 valence electrons. The minimum Gasteiger partial charge on any atom is -0.480 e. The summed E-state index contributed by atoms with van der Waals surface area (Å²) in [7, 11) is -4.71. The van der Waals surface area contributed by atoms with Gasteiger partial charge < -0.3 is 25.2 Å². The molecule has 0 saturated heterocycles. The lowest BCUT2D eigenvalue weighted by molar-refractivity contribution is -0.144. The van der Waals surface area contributed by atoms with Crippen molar-refractivity contribution in [3.05, 3.63) is 24.3 Å². The Labute approximate surface area is 245 Å². The number of allylic oxidation sites excluding steroid dienone is 4. The number of aliphatic carboxylic acids is 1. The van der Waals surface area contributed by atoms with Crippen molar-refractivity contribution in [2.45, 2.75) is 122 Å². The van der Waals surface area contributed by atoms with E-state index in [1.807, 2.05) is 0 Å². The largest absolute Gasteiger partial charge is 0.480 e. The number of carbonyl (C=O) groups is 3. The van der Waals surface area contributed by atoms with E-state index in [4.69, 9.17) is 0 Å². The lowest BCUT2D eigenvalue weighted by Gasteiger charge is -2.18. The summed E-state index contributed by atoms with van der Waals surface area (Å²) in [6, 6.07) is -1.54. The first-order valence-corrected chi connectivity index (χ1v) is 16.3. The Morgan fingerprint density at radius 1 is 0.805 bits per heavy atom. The summed E-state index contributed by atoms with van der Waals surface area (Å²) in [5.41, 5.74) is 0. The van der Waals surface area contributed by atoms with Crippen molar-refractivity contribution in [1.29, 1.82) is 0 Å². The minimum absolute atomic E-state index is 0.136. The quantitative estimate of drug-likeness (QED) is 0.0400. The highest BCUT2D eigenvalue weighted by Gasteiger charge is 2.28. The van der Waals surface area contributed by atoms with Gasteiger partial charge in [0.05, 0.1) is 13.2 Å². The number of hydrogen-bond acceptors (Lipinski definition) is 8. The van der Waals surface area contributed by atoms with E-state index in [1.165, 1.54) is 44.9 Å². The van der Waals surface area contributed by atoms with Gasteiger partial charge >= 0.3 is 19.8 Å². The summed E-state index contributed by atoms with van der Waals surface area (Å²) in [4.78, 5) is 43.9. The van der Waals surface area contributed by atoms with Crippen LogP contribution in [0.5, 0.6) is 0 Å². The van der Waals surface area contributed by atoms with Crippen molar-refractivity contribution in [3.8, 4) is 0 Å². The summed E-state index contributed by atoms with van der Waals surface area (Å²) in [5, 5.41) is 21.1. The van der Waals surface area contributed by atoms with E-state index in [9.17, 15) is 34.1 Å². The van der Waals surface area contributed by atoms with E-state index in [-0.39, 0.29) is 6.42 Å². The van der Waals surface area contributed by atoms with Crippen LogP contribution in [-0.4, -0.2) is 64.9 Å². The summed E-state index contributed by atoms with van der Waals surface area (Å²) in [5.74, 6) is -2.57. The lowest BCUT2D eigenvalue weighted by Crippen LogP contribution is -2.43. The minimum atomic E-state index is -4.71. The van der Waals surface area contributed by atoms with Gasteiger partial charge in [0.25, 0.3) is 0 Å². The number of hydrogen-bond donors (Lipinski definition) is 4. The van der Waals surface area contributed by atoms with E-state index in [1.54, 1.807) is 0 Å². The molecule has 0 aliphatic rings. The molecule has 3 unspecified atom stereocenters. The number of aliphatic hydroxyl groups excluding tert-OH is 1. The van der Waals surface area contributed by atoms with Crippen molar-refractivity contribution in [3.63, 3.8) is 0 Å². The van der Waals surface area contributed by atoms with Gasteiger partial charge in [-0.3, -0.25) is 18.6 Å². The second-order valence-corrected chi connectivity index (χ2v) is 11.5. The van der Waals surface area contributed by atoms with Crippen LogP contribution >= 0.6 is 7.82 Å². The highest BCUT2D eigenvalue weighted by Crippen LogP contribution is 2.43. The topological polar surface area (TPSA) is 169 Å². The third-order valence-electron chi connectivity index (χ3n) is 6.05. The molecule has 11 nitrogen and oxygen atoms in total. The second kappa shape index (κ2) is 25.7. The van der Waals surface area contributed by atoms with Gasteiger partial charge in [-0.15, -0.1) is 0 Å². The van der Waals surface area contributed by atoms with Crippen molar-refractivity contribution >= 4 is 25.7 Å². The molecule has 0 saturated carbocycles. The molecule has 0 radical (unpaired) electrons. The van der Waals surface area contributed by atoms with Crippen LogP contribution in [0.3, 0.4) is 0 Å². The molecule has 0 aromatic carbocycles. The van der Waals surface area contributed by atoms with Crippen LogP contribution in [0.15, 0.2) is 24.3 Å². The first-order valence-electron chi connectivity index (χ1n) is 14.8. The first kappa shape index (κ1) is 39.0. The molecule has 3 atom stereocenters. The van der Waals surface area contributed by atoms with Gasteiger partial charge in [-0.2, -0.15) is 0 Å². The molecule has 0 spiro atoms. The highest BCUT2D eigenvalue weighted by atomic mass is 31.2. The number of unbranched alkanes of at least 4 members (excludes halogenated alkanes) is 11. The van der Waals surface area contributed by atoms with Crippen LogP contribution in [0.1, 0.15) is 110 Å². The predicted octanol–water partition coefficient (Wildman–Crippen LogP) is 5.60. The third kappa shape index (κ3) is 26.6. The fourth-order valence-corrected chi connectivity index (χ4v) is 4.49. The molecule has 0 aromatic rings. The molecule has 0 bridgehead atoms. The van der Waals surface area contributed by atoms with Crippen LogP contribution < -0.4 is 5.32 Å². The number of phosphoric acid groups is 1. The zero-order chi connectivity index (χ0) is 30.8. The monoisotopic (exact) mass is 605 g/mol. The van der Waals surface area contributed by atoms with E-state index in [2.05, 4.69) is 50.3 Å².